The van der Waals surface area contributed by atoms with E-state index in [1.54, 1.807) is 7.11 Å². The van der Waals surface area contributed by atoms with Gasteiger partial charge in [0, 0.05) is 12.0 Å². The maximum absolute atomic E-state index is 5.43. The molecule has 0 saturated carbocycles. The first-order valence-corrected chi connectivity index (χ1v) is 7.94. The molecule has 6 heteroatoms. The van der Waals surface area contributed by atoms with Crippen LogP contribution in [0.15, 0.2) is 28.8 Å². The Kier molecular flexibility index (Phi) is 6.42. The van der Waals surface area contributed by atoms with Crippen LogP contribution in [0.1, 0.15) is 25.7 Å². The van der Waals surface area contributed by atoms with Crippen LogP contribution in [0.25, 0.3) is 11.4 Å². The Morgan fingerprint density at radius 2 is 2.30 bits per heavy atom. The zero-order valence-electron chi connectivity index (χ0n) is 13.6. The van der Waals surface area contributed by atoms with Crippen molar-refractivity contribution in [1.82, 2.24) is 15.5 Å². The zero-order valence-corrected chi connectivity index (χ0v) is 14.4. The molecule has 1 saturated heterocycles. The number of benzene rings is 1. The fourth-order valence-corrected chi connectivity index (χ4v) is 3.02. The van der Waals surface area contributed by atoms with Gasteiger partial charge in [0.25, 0.3) is 0 Å². The molecule has 0 amide bonds. The maximum Gasteiger partial charge on any atom is 0.227 e. The lowest BCUT2D eigenvalue weighted by Gasteiger charge is -2.27. The van der Waals surface area contributed by atoms with Crippen LogP contribution in [0.4, 0.5) is 0 Å². The van der Waals surface area contributed by atoms with Crippen molar-refractivity contribution in [3.63, 3.8) is 0 Å². The highest BCUT2D eigenvalue weighted by Crippen LogP contribution is 2.25. The molecule has 2 aromatic rings. The Morgan fingerprint density at radius 1 is 1.43 bits per heavy atom. The summed E-state index contributed by atoms with van der Waals surface area (Å²) in [6, 6.07) is 7.72. The van der Waals surface area contributed by atoms with Crippen LogP contribution in [0, 0.1) is 11.8 Å². The normalized spacial score (nSPS) is 19.0. The predicted octanol–water partition coefficient (Wildman–Crippen LogP) is 3.35. The Balaban J connectivity index is 0.00000192. The summed E-state index contributed by atoms with van der Waals surface area (Å²) in [4.78, 5) is 4.54. The first kappa shape index (κ1) is 17.8. The minimum Gasteiger partial charge on any atom is -0.497 e. The highest BCUT2D eigenvalue weighted by atomic mass is 35.5. The van der Waals surface area contributed by atoms with Gasteiger partial charge in [-0.15, -0.1) is 12.4 Å². The number of nitrogens with zero attached hydrogens (tertiary/aromatic N) is 2. The average Bonchev–Trinajstić information content (AvgIpc) is 3.04. The second kappa shape index (κ2) is 8.31. The van der Waals surface area contributed by atoms with Gasteiger partial charge in [-0.25, -0.2) is 0 Å². The van der Waals surface area contributed by atoms with Crippen LogP contribution in [0.5, 0.6) is 5.75 Å². The van der Waals surface area contributed by atoms with Gasteiger partial charge in [-0.2, -0.15) is 4.98 Å². The smallest absolute Gasteiger partial charge is 0.227 e. The molecule has 1 N–H and O–H groups in total. The van der Waals surface area contributed by atoms with E-state index in [0.717, 1.165) is 36.7 Å². The number of piperidine rings is 1. The molecular weight excluding hydrogens is 314 g/mol. The van der Waals surface area contributed by atoms with E-state index in [0.29, 0.717) is 17.7 Å². The highest BCUT2D eigenvalue weighted by Gasteiger charge is 2.22. The largest absolute Gasteiger partial charge is 0.497 e. The Hall–Kier alpha value is -1.59. The summed E-state index contributed by atoms with van der Waals surface area (Å²) in [6.45, 7) is 4.51. The maximum atomic E-state index is 5.43. The molecule has 126 valence electrons. The van der Waals surface area contributed by atoms with Crippen molar-refractivity contribution >= 4 is 12.4 Å². The van der Waals surface area contributed by atoms with Gasteiger partial charge < -0.3 is 14.6 Å². The van der Waals surface area contributed by atoms with Crippen LogP contribution in [0.2, 0.25) is 0 Å². The summed E-state index contributed by atoms with van der Waals surface area (Å²) in [5.74, 6) is 3.39. The van der Waals surface area contributed by atoms with Crippen LogP contribution in [-0.2, 0) is 6.42 Å². The van der Waals surface area contributed by atoms with E-state index in [9.17, 15) is 0 Å². The number of nitrogens with one attached hydrogen (secondary N) is 1. The Bertz CT molecular complexity index is 611. The summed E-state index contributed by atoms with van der Waals surface area (Å²) >= 11 is 0. The van der Waals surface area contributed by atoms with Crippen molar-refractivity contribution < 1.29 is 9.26 Å². The van der Waals surface area contributed by atoms with Crippen molar-refractivity contribution in [2.75, 3.05) is 20.2 Å². The molecule has 0 bridgehead atoms. The molecule has 0 aliphatic carbocycles. The summed E-state index contributed by atoms with van der Waals surface area (Å²) in [5.41, 5.74) is 0.918. The average molecular weight is 338 g/mol. The van der Waals surface area contributed by atoms with E-state index < -0.39 is 0 Å². The number of methoxy groups -OCH3 is 1. The second-order valence-corrected chi connectivity index (χ2v) is 6.03. The van der Waals surface area contributed by atoms with Crippen molar-refractivity contribution in [3.05, 3.63) is 30.2 Å². The molecule has 1 aliphatic rings. The van der Waals surface area contributed by atoms with Gasteiger partial charge in [0.1, 0.15) is 5.75 Å². The van der Waals surface area contributed by atoms with Crippen LogP contribution < -0.4 is 10.1 Å². The highest BCUT2D eigenvalue weighted by molar-refractivity contribution is 5.85. The van der Waals surface area contributed by atoms with Gasteiger partial charge in [-0.3, -0.25) is 0 Å². The zero-order chi connectivity index (χ0) is 15.4. The van der Waals surface area contributed by atoms with Gasteiger partial charge in [-0.05, 0) is 49.9 Å². The van der Waals surface area contributed by atoms with Gasteiger partial charge in [-0.1, -0.05) is 24.2 Å². The number of hydrogen-bond acceptors (Lipinski definition) is 5. The number of aromatic nitrogens is 2. The summed E-state index contributed by atoms with van der Waals surface area (Å²) in [7, 11) is 1.65. The number of ether oxygens (including phenoxy) is 1. The standard InChI is InChI=1S/C17H23N3O2.ClH/c1-12(14-6-4-8-18-11-14)9-16-19-17(20-22-16)13-5-3-7-15(10-13)21-2;/h3,5,7,10,12,14,18H,4,6,8-9,11H2,1-2H3;1H. The van der Waals surface area contributed by atoms with E-state index >= 15 is 0 Å². The fraction of sp³-hybridized carbons (Fsp3) is 0.529. The van der Waals surface area contributed by atoms with Crippen molar-refractivity contribution in [1.29, 1.82) is 0 Å². The third-order valence-electron chi connectivity index (χ3n) is 4.43. The van der Waals surface area contributed by atoms with Crippen LogP contribution in [-0.4, -0.2) is 30.3 Å². The number of hydrogen-bond donors (Lipinski definition) is 1. The lowest BCUT2D eigenvalue weighted by atomic mass is 9.85. The van der Waals surface area contributed by atoms with Gasteiger partial charge >= 0.3 is 0 Å². The minimum absolute atomic E-state index is 0. The molecular formula is C17H24ClN3O2. The van der Waals surface area contributed by atoms with Gasteiger partial charge in [0.2, 0.25) is 11.7 Å². The molecule has 0 radical (unpaired) electrons. The first-order valence-electron chi connectivity index (χ1n) is 7.94. The summed E-state index contributed by atoms with van der Waals surface area (Å²) in [6.07, 6.45) is 3.38. The molecule has 5 nitrogen and oxygen atoms in total. The molecule has 2 atom stereocenters. The molecule has 1 aromatic carbocycles. The fourth-order valence-electron chi connectivity index (χ4n) is 3.02. The molecule has 1 fully saturated rings. The lowest BCUT2D eigenvalue weighted by molar-refractivity contribution is 0.257. The molecule has 23 heavy (non-hydrogen) atoms. The Labute approximate surface area is 143 Å². The Morgan fingerprint density at radius 3 is 3.04 bits per heavy atom. The van der Waals surface area contributed by atoms with Crippen LogP contribution in [0.3, 0.4) is 0 Å². The molecule has 2 heterocycles. The predicted molar refractivity (Wildman–Crippen MR) is 92.0 cm³/mol. The topological polar surface area (TPSA) is 60.2 Å². The quantitative estimate of drug-likeness (QED) is 0.906. The summed E-state index contributed by atoms with van der Waals surface area (Å²) < 4.78 is 10.7. The molecule has 1 aliphatic heterocycles. The third-order valence-corrected chi connectivity index (χ3v) is 4.43. The molecule has 2 unspecified atom stereocenters. The SMILES string of the molecule is COc1cccc(-c2noc(CC(C)C3CCCNC3)n2)c1.Cl. The van der Waals surface area contributed by atoms with E-state index in [-0.39, 0.29) is 12.4 Å². The molecule has 3 rings (SSSR count). The number of rotatable bonds is 5. The van der Waals surface area contributed by atoms with E-state index in [4.69, 9.17) is 9.26 Å². The van der Waals surface area contributed by atoms with Crippen molar-refractivity contribution in [3.8, 4) is 17.1 Å². The lowest BCUT2D eigenvalue weighted by Crippen LogP contribution is -2.33. The minimum atomic E-state index is 0. The second-order valence-electron chi connectivity index (χ2n) is 6.03. The van der Waals surface area contributed by atoms with Gasteiger partial charge in [0.15, 0.2) is 0 Å². The van der Waals surface area contributed by atoms with Crippen LogP contribution >= 0.6 is 12.4 Å². The first-order chi connectivity index (χ1) is 10.8. The molecule has 1 aromatic heterocycles. The van der Waals surface area contributed by atoms with E-state index in [2.05, 4.69) is 22.4 Å². The van der Waals surface area contributed by atoms with E-state index in [1.165, 1.54) is 12.8 Å². The molecule has 0 spiro atoms. The van der Waals surface area contributed by atoms with Crippen molar-refractivity contribution in [2.24, 2.45) is 11.8 Å². The van der Waals surface area contributed by atoms with E-state index in [1.807, 2.05) is 24.3 Å². The monoisotopic (exact) mass is 337 g/mol. The van der Waals surface area contributed by atoms with Crippen molar-refractivity contribution in [2.45, 2.75) is 26.2 Å². The van der Waals surface area contributed by atoms with Gasteiger partial charge in [0.05, 0.1) is 7.11 Å². The summed E-state index contributed by atoms with van der Waals surface area (Å²) in [5, 5.41) is 7.57. The third kappa shape index (κ3) is 4.45. The number of halogens is 1.